The summed E-state index contributed by atoms with van der Waals surface area (Å²) < 4.78 is 1.80. The monoisotopic (exact) mass is 266 g/mol. The summed E-state index contributed by atoms with van der Waals surface area (Å²) in [5.41, 5.74) is 1.43. The number of nitrogens with zero attached hydrogens (tertiary/aromatic N) is 3. The quantitative estimate of drug-likeness (QED) is 0.747. The molecule has 0 radical (unpaired) electrons. The van der Waals surface area contributed by atoms with Crippen molar-refractivity contribution in [3.63, 3.8) is 0 Å². The van der Waals surface area contributed by atoms with Gasteiger partial charge in [-0.25, -0.2) is 0 Å². The molecule has 1 aromatic heterocycles. The molecule has 1 aromatic rings. The Morgan fingerprint density at radius 3 is 2.58 bits per heavy atom. The Kier molecular flexibility index (Phi) is 6.49. The van der Waals surface area contributed by atoms with Crippen LogP contribution in [0, 0.1) is 5.41 Å². The highest BCUT2D eigenvalue weighted by molar-refractivity contribution is 4.99. The van der Waals surface area contributed by atoms with Crippen LogP contribution in [-0.2, 0) is 13.5 Å². The molecule has 4 nitrogen and oxygen atoms in total. The Bertz CT molecular complexity index is 359. The molecule has 1 rings (SSSR count). The lowest BCUT2D eigenvalue weighted by Crippen LogP contribution is -2.39. The van der Waals surface area contributed by atoms with Gasteiger partial charge in [0, 0.05) is 25.8 Å². The average molecular weight is 266 g/mol. The topological polar surface area (TPSA) is 42.7 Å². The molecule has 0 saturated heterocycles. The lowest BCUT2D eigenvalue weighted by Gasteiger charge is -2.33. The second-order valence-electron chi connectivity index (χ2n) is 6.05. The van der Waals surface area contributed by atoms with Crippen molar-refractivity contribution in [1.82, 2.24) is 20.3 Å². The minimum atomic E-state index is 0.316. The molecule has 4 heteroatoms. The molecule has 0 amide bonds. The first-order chi connectivity index (χ1) is 9.01. The van der Waals surface area contributed by atoms with Crippen molar-refractivity contribution in [2.24, 2.45) is 12.5 Å². The van der Waals surface area contributed by atoms with Crippen LogP contribution in [0.15, 0.2) is 6.20 Å². The minimum Gasteiger partial charge on any atom is -0.314 e. The summed E-state index contributed by atoms with van der Waals surface area (Å²) in [4.78, 5) is 0. The minimum absolute atomic E-state index is 0.316. The molecule has 0 aliphatic rings. The summed E-state index contributed by atoms with van der Waals surface area (Å²) in [5.74, 6) is 0. The van der Waals surface area contributed by atoms with E-state index in [0.717, 1.165) is 18.7 Å². The van der Waals surface area contributed by atoms with Gasteiger partial charge in [0.25, 0.3) is 0 Å². The van der Waals surface area contributed by atoms with E-state index in [4.69, 9.17) is 0 Å². The molecule has 0 fully saturated rings. The van der Waals surface area contributed by atoms with Crippen molar-refractivity contribution >= 4 is 0 Å². The molecule has 0 aliphatic heterocycles. The summed E-state index contributed by atoms with van der Waals surface area (Å²) in [7, 11) is 1.93. The standard InChI is InChI=1S/C15H30N4/c1-6-8-9-15(7-2,12-16-13(3)4)10-14-11-19(5)18-17-14/h11,13,16H,6-10,12H2,1-5H3. The predicted octanol–water partition coefficient (Wildman–Crippen LogP) is 2.94. The van der Waals surface area contributed by atoms with Gasteiger partial charge < -0.3 is 5.32 Å². The molecular formula is C15H30N4. The summed E-state index contributed by atoms with van der Waals surface area (Å²) in [6.45, 7) is 10.1. The van der Waals surface area contributed by atoms with Crippen LogP contribution in [0.1, 0.15) is 59.1 Å². The number of nitrogens with one attached hydrogen (secondary N) is 1. The smallest absolute Gasteiger partial charge is 0.0833 e. The van der Waals surface area contributed by atoms with Gasteiger partial charge in [-0.2, -0.15) is 0 Å². The number of hydrogen-bond acceptors (Lipinski definition) is 3. The van der Waals surface area contributed by atoms with Gasteiger partial charge >= 0.3 is 0 Å². The molecule has 0 bridgehead atoms. The van der Waals surface area contributed by atoms with Crippen molar-refractivity contribution in [2.45, 2.75) is 65.8 Å². The molecule has 1 atom stereocenters. The van der Waals surface area contributed by atoms with Crippen molar-refractivity contribution in [3.8, 4) is 0 Å². The van der Waals surface area contributed by atoms with Crippen LogP contribution in [0.25, 0.3) is 0 Å². The second kappa shape index (κ2) is 7.63. The summed E-state index contributed by atoms with van der Waals surface area (Å²) in [6.07, 6.45) is 8.06. The van der Waals surface area contributed by atoms with Crippen molar-refractivity contribution in [3.05, 3.63) is 11.9 Å². The zero-order chi connectivity index (χ0) is 14.3. The summed E-state index contributed by atoms with van der Waals surface area (Å²) >= 11 is 0. The van der Waals surface area contributed by atoms with E-state index in [-0.39, 0.29) is 0 Å². The fourth-order valence-electron chi connectivity index (χ4n) is 2.50. The highest BCUT2D eigenvalue weighted by Gasteiger charge is 2.29. The molecule has 1 heterocycles. The molecule has 1 unspecified atom stereocenters. The van der Waals surface area contributed by atoms with E-state index in [2.05, 4.69) is 43.3 Å². The van der Waals surface area contributed by atoms with Gasteiger partial charge in [-0.1, -0.05) is 45.7 Å². The van der Waals surface area contributed by atoms with Crippen LogP contribution in [0.3, 0.4) is 0 Å². The highest BCUT2D eigenvalue weighted by Crippen LogP contribution is 2.32. The first-order valence-electron chi connectivity index (χ1n) is 7.60. The van der Waals surface area contributed by atoms with Crippen molar-refractivity contribution in [1.29, 1.82) is 0 Å². The van der Waals surface area contributed by atoms with Crippen LogP contribution in [0.4, 0.5) is 0 Å². The van der Waals surface area contributed by atoms with Gasteiger partial charge in [0.05, 0.1) is 5.69 Å². The molecule has 19 heavy (non-hydrogen) atoms. The first kappa shape index (κ1) is 16.2. The Morgan fingerprint density at radius 1 is 1.37 bits per heavy atom. The largest absolute Gasteiger partial charge is 0.314 e. The maximum atomic E-state index is 4.27. The van der Waals surface area contributed by atoms with Gasteiger partial charge in [0.1, 0.15) is 0 Å². The average Bonchev–Trinajstić information content (AvgIpc) is 2.78. The van der Waals surface area contributed by atoms with Gasteiger partial charge in [0.15, 0.2) is 0 Å². The highest BCUT2D eigenvalue weighted by atomic mass is 15.4. The van der Waals surface area contributed by atoms with Gasteiger partial charge in [-0.3, -0.25) is 4.68 Å². The van der Waals surface area contributed by atoms with Crippen LogP contribution >= 0.6 is 0 Å². The van der Waals surface area contributed by atoms with Crippen LogP contribution in [0.5, 0.6) is 0 Å². The zero-order valence-corrected chi connectivity index (χ0v) is 13.2. The van der Waals surface area contributed by atoms with Gasteiger partial charge in [0.2, 0.25) is 0 Å². The lowest BCUT2D eigenvalue weighted by molar-refractivity contribution is 0.221. The third-order valence-corrected chi connectivity index (χ3v) is 3.90. The number of rotatable bonds is 9. The summed E-state index contributed by atoms with van der Waals surface area (Å²) in [6, 6.07) is 0.536. The van der Waals surface area contributed by atoms with E-state index in [1.807, 2.05) is 13.2 Å². The molecule has 1 N–H and O–H groups in total. The first-order valence-corrected chi connectivity index (χ1v) is 7.60. The Hall–Kier alpha value is -0.900. The molecule has 0 aromatic carbocycles. The number of hydrogen-bond donors (Lipinski definition) is 1. The van der Waals surface area contributed by atoms with E-state index in [0.29, 0.717) is 11.5 Å². The SMILES string of the molecule is CCCCC(CC)(CNC(C)C)Cc1cn(C)nn1. The third kappa shape index (κ3) is 5.31. The maximum absolute atomic E-state index is 4.27. The lowest BCUT2D eigenvalue weighted by atomic mass is 9.76. The molecule has 110 valence electrons. The van der Waals surface area contributed by atoms with Crippen LogP contribution < -0.4 is 5.32 Å². The van der Waals surface area contributed by atoms with E-state index in [9.17, 15) is 0 Å². The fourth-order valence-corrected chi connectivity index (χ4v) is 2.50. The molecule has 0 spiro atoms. The summed E-state index contributed by atoms with van der Waals surface area (Å²) in [5, 5.41) is 11.9. The van der Waals surface area contributed by atoms with Crippen molar-refractivity contribution < 1.29 is 0 Å². The van der Waals surface area contributed by atoms with E-state index >= 15 is 0 Å². The van der Waals surface area contributed by atoms with Crippen molar-refractivity contribution in [2.75, 3.05) is 6.54 Å². The number of aromatic nitrogens is 3. The number of aryl methyl sites for hydroxylation is 1. The number of unbranched alkanes of at least 4 members (excludes halogenated alkanes) is 1. The molecular weight excluding hydrogens is 236 g/mol. The van der Waals surface area contributed by atoms with Crippen LogP contribution in [-0.4, -0.2) is 27.6 Å². The molecule has 0 aliphatic carbocycles. The Morgan fingerprint density at radius 2 is 2.11 bits per heavy atom. The maximum Gasteiger partial charge on any atom is 0.0833 e. The Labute approximate surface area is 118 Å². The van der Waals surface area contributed by atoms with E-state index in [1.54, 1.807) is 4.68 Å². The fraction of sp³-hybridized carbons (Fsp3) is 0.867. The van der Waals surface area contributed by atoms with Gasteiger partial charge in [-0.15, -0.1) is 5.10 Å². The predicted molar refractivity (Wildman–Crippen MR) is 80.1 cm³/mol. The van der Waals surface area contributed by atoms with Gasteiger partial charge in [-0.05, 0) is 24.7 Å². The third-order valence-electron chi connectivity index (χ3n) is 3.90. The molecule has 0 saturated carbocycles. The Balaban J connectivity index is 2.75. The normalized spacial score (nSPS) is 14.8. The second-order valence-corrected chi connectivity index (χ2v) is 6.05. The van der Waals surface area contributed by atoms with E-state index in [1.165, 1.54) is 25.7 Å². The zero-order valence-electron chi connectivity index (χ0n) is 13.2. The van der Waals surface area contributed by atoms with Crippen LogP contribution in [0.2, 0.25) is 0 Å². The van der Waals surface area contributed by atoms with E-state index < -0.39 is 0 Å².